The van der Waals surface area contributed by atoms with E-state index in [1.54, 1.807) is 14.0 Å². The molecular weight excluding hydrogens is 147 g/mol. The molecule has 0 radical (unpaired) electrons. The van der Waals surface area contributed by atoms with Crippen LogP contribution in [0.2, 0.25) is 0 Å². The number of aromatic nitrogens is 1. The van der Waals surface area contributed by atoms with E-state index in [0.29, 0.717) is 5.69 Å². The van der Waals surface area contributed by atoms with E-state index in [0.717, 1.165) is 0 Å². The number of carbonyl (C=O) groups excluding carboxylic acids is 1. The molecule has 0 unspecified atom stereocenters. The zero-order valence-electron chi connectivity index (χ0n) is 6.39. The number of rotatable bonds is 1. The molecule has 0 aromatic carbocycles. The maximum Gasteiger partial charge on any atom is 0.268 e. The van der Waals surface area contributed by atoms with Gasteiger partial charge in [-0.2, -0.15) is 0 Å². The molecule has 60 valence electrons. The number of carbonyl (C=O) groups is 1. The fraction of sp³-hybridized carbons (Fsp3) is 0.286. The quantitative estimate of drug-likeness (QED) is 0.635. The highest BCUT2D eigenvalue weighted by Crippen LogP contribution is 2.10. The number of amides is 1. The molecule has 0 bridgehead atoms. The van der Waals surface area contributed by atoms with Crippen LogP contribution in [0.25, 0.3) is 0 Å². The molecule has 0 spiro atoms. The van der Waals surface area contributed by atoms with Crippen molar-refractivity contribution in [1.29, 1.82) is 0 Å². The Morgan fingerprint density at radius 1 is 1.73 bits per heavy atom. The lowest BCUT2D eigenvalue weighted by molar-refractivity contribution is 0.0988. The van der Waals surface area contributed by atoms with Gasteiger partial charge < -0.3 is 10.3 Å². The number of nitrogens with zero attached hydrogens (tertiary/aromatic N) is 1. The van der Waals surface area contributed by atoms with Gasteiger partial charge in [-0.15, -0.1) is 0 Å². The second kappa shape index (κ2) is 2.38. The summed E-state index contributed by atoms with van der Waals surface area (Å²) in [6.07, 6.45) is 0. The Bertz CT molecular complexity index is 304. The Hall–Kier alpha value is -1.32. The van der Waals surface area contributed by atoms with Crippen LogP contribution < -0.4 is 5.73 Å². The lowest BCUT2D eigenvalue weighted by Crippen LogP contribution is -2.17. The topological polar surface area (TPSA) is 48.0 Å². The van der Waals surface area contributed by atoms with Gasteiger partial charge in [0.1, 0.15) is 5.69 Å². The second-order valence-corrected chi connectivity index (χ2v) is 2.41. The number of halogens is 1. The van der Waals surface area contributed by atoms with Crippen LogP contribution in [-0.2, 0) is 7.05 Å². The molecule has 0 aliphatic carbocycles. The van der Waals surface area contributed by atoms with Crippen LogP contribution in [0.5, 0.6) is 0 Å². The van der Waals surface area contributed by atoms with E-state index < -0.39 is 11.7 Å². The van der Waals surface area contributed by atoms with Gasteiger partial charge in [0.25, 0.3) is 5.91 Å². The van der Waals surface area contributed by atoms with Gasteiger partial charge in [0.2, 0.25) is 0 Å². The van der Waals surface area contributed by atoms with E-state index in [2.05, 4.69) is 0 Å². The summed E-state index contributed by atoms with van der Waals surface area (Å²) in [4.78, 5) is 10.6. The summed E-state index contributed by atoms with van der Waals surface area (Å²) in [7, 11) is 1.60. The SMILES string of the molecule is Cc1cc(F)c(C(N)=O)n1C. The van der Waals surface area contributed by atoms with Crippen LogP contribution in [0.1, 0.15) is 16.2 Å². The largest absolute Gasteiger partial charge is 0.364 e. The summed E-state index contributed by atoms with van der Waals surface area (Å²) >= 11 is 0. The lowest BCUT2D eigenvalue weighted by atomic mass is 10.4. The fourth-order valence-electron chi connectivity index (χ4n) is 0.968. The van der Waals surface area contributed by atoms with Gasteiger partial charge in [-0.3, -0.25) is 4.79 Å². The number of hydrogen-bond acceptors (Lipinski definition) is 1. The van der Waals surface area contributed by atoms with Crippen LogP contribution in [0, 0.1) is 12.7 Å². The predicted molar refractivity (Wildman–Crippen MR) is 38.6 cm³/mol. The molecule has 0 atom stereocenters. The first-order valence-electron chi connectivity index (χ1n) is 3.15. The molecule has 0 fully saturated rings. The lowest BCUT2D eigenvalue weighted by Gasteiger charge is -1.99. The van der Waals surface area contributed by atoms with E-state index >= 15 is 0 Å². The summed E-state index contributed by atoms with van der Waals surface area (Å²) in [5.41, 5.74) is 5.54. The van der Waals surface area contributed by atoms with Crippen molar-refractivity contribution in [1.82, 2.24) is 4.57 Å². The minimum atomic E-state index is -0.738. The van der Waals surface area contributed by atoms with Crippen molar-refractivity contribution in [2.45, 2.75) is 6.92 Å². The van der Waals surface area contributed by atoms with Crippen LogP contribution in [0.3, 0.4) is 0 Å². The van der Waals surface area contributed by atoms with Gasteiger partial charge in [0.05, 0.1) is 0 Å². The first-order chi connectivity index (χ1) is 5.04. The summed E-state index contributed by atoms with van der Waals surface area (Å²) < 4.78 is 14.2. The van der Waals surface area contributed by atoms with Gasteiger partial charge in [0, 0.05) is 12.7 Å². The van der Waals surface area contributed by atoms with E-state index in [1.165, 1.54) is 10.6 Å². The van der Waals surface area contributed by atoms with Crippen LogP contribution in [0.4, 0.5) is 4.39 Å². The zero-order valence-corrected chi connectivity index (χ0v) is 6.39. The molecule has 2 N–H and O–H groups in total. The van der Waals surface area contributed by atoms with E-state index in [9.17, 15) is 9.18 Å². The summed E-state index contributed by atoms with van der Waals surface area (Å²) in [5.74, 6) is -1.30. The van der Waals surface area contributed by atoms with Crippen molar-refractivity contribution in [3.8, 4) is 0 Å². The number of primary amides is 1. The molecule has 4 heteroatoms. The third kappa shape index (κ3) is 1.11. The molecular formula is C7H9FN2O. The second-order valence-electron chi connectivity index (χ2n) is 2.41. The van der Waals surface area contributed by atoms with Gasteiger partial charge in [0.15, 0.2) is 5.82 Å². The Morgan fingerprint density at radius 3 is 2.45 bits per heavy atom. The molecule has 1 heterocycles. The standard InChI is InChI=1S/C7H9FN2O/c1-4-3-5(8)6(7(9)11)10(4)2/h3H,1-2H3,(H2,9,11). The Balaban J connectivity index is 3.34. The summed E-state index contributed by atoms with van der Waals surface area (Å²) in [6.45, 7) is 1.70. The smallest absolute Gasteiger partial charge is 0.268 e. The van der Waals surface area contributed by atoms with Gasteiger partial charge in [-0.1, -0.05) is 0 Å². The molecule has 0 aliphatic heterocycles. The minimum Gasteiger partial charge on any atom is -0.364 e. The molecule has 0 saturated heterocycles. The maximum atomic E-state index is 12.8. The molecule has 1 rings (SSSR count). The van der Waals surface area contributed by atoms with Crippen molar-refractivity contribution in [3.05, 3.63) is 23.3 Å². The fourth-order valence-corrected chi connectivity index (χ4v) is 0.968. The molecule has 11 heavy (non-hydrogen) atoms. The van der Waals surface area contributed by atoms with Crippen LogP contribution in [-0.4, -0.2) is 10.5 Å². The third-order valence-electron chi connectivity index (χ3n) is 1.66. The van der Waals surface area contributed by atoms with Crippen molar-refractivity contribution < 1.29 is 9.18 Å². The van der Waals surface area contributed by atoms with Gasteiger partial charge in [-0.05, 0) is 13.0 Å². The van der Waals surface area contributed by atoms with Crippen molar-refractivity contribution in [3.63, 3.8) is 0 Å². The normalized spacial score (nSPS) is 10.1. The van der Waals surface area contributed by atoms with E-state index in [1.807, 2.05) is 0 Å². The monoisotopic (exact) mass is 156 g/mol. The van der Waals surface area contributed by atoms with Crippen molar-refractivity contribution in [2.75, 3.05) is 0 Å². The zero-order chi connectivity index (χ0) is 8.59. The highest BCUT2D eigenvalue weighted by Gasteiger charge is 2.14. The Morgan fingerprint density at radius 2 is 2.27 bits per heavy atom. The Kier molecular flexibility index (Phi) is 1.68. The Labute approximate surface area is 63.6 Å². The predicted octanol–water partition coefficient (Wildman–Crippen LogP) is 0.572. The first-order valence-corrected chi connectivity index (χ1v) is 3.15. The molecule has 1 aromatic heterocycles. The average molecular weight is 156 g/mol. The number of hydrogen-bond donors (Lipinski definition) is 1. The van der Waals surface area contributed by atoms with E-state index in [-0.39, 0.29) is 5.69 Å². The summed E-state index contributed by atoms with van der Waals surface area (Å²) in [6, 6.07) is 1.28. The third-order valence-corrected chi connectivity index (χ3v) is 1.66. The van der Waals surface area contributed by atoms with Crippen molar-refractivity contribution >= 4 is 5.91 Å². The van der Waals surface area contributed by atoms with E-state index in [4.69, 9.17) is 5.73 Å². The highest BCUT2D eigenvalue weighted by atomic mass is 19.1. The highest BCUT2D eigenvalue weighted by molar-refractivity contribution is 5.91. The molecule has 0 saturated carbocycles. The molecule has 1 amide bonds. The first kappa shape index (κ1) is 7.78. The average Bonchev–Trinajstić information content (AvgIpc) is 2.07. The minimum absolute atomic E-state index is 0.0671. The number of nitrogens with two attached hydrogens (primary N) is 1. The van der Waals surface area contributed by atoms with Gasteiger partial charge in [-0.25, -0.2) is 4.39 Å². The maximum absolute atomic E-state index is 12.8. The van der Waals surface area contributed by atoms with Gasteiger partial charge >= 0.3 is 0 Å². The van der Waals surface area contributed by atoms with Crippen LogP contribution in [0.15, 0.2) is 6.07 Å². The molecule has 1 aromatic rings. The molecule has 0 aliphatic rings. The molecule has 3 nitrogen and oxygen atoms in total. The van der Waals surface area contributed by atoms with Crippen molar-refractivity contribution in [2.24, 2.45) is 12.8 Å². The number of aryl methyl sites for hydroxylation is 1. The van der Waals surface area contributed by atoms with Crippen LogP contribution >= 0.6 is 0 Å². The summed E-state index contributed by atoms with van der Waals surface area (Å²) in [5, 5.41) is 0.